The predicted molar refractivity (Wildman–Crippen MR) is 61.1 cm³/mol. The fourth-order valence-electron chi connectivity index (χ4n) is 1.49. The quantitative estimate of drug-likeness (QED) is 0.885. The minimum atomic E-state index is -0.638. The van der Waals surface area contributed by atoms with Crippen LogP contribution in [0.3, 0.4) is 0 Å². The average molecular weight is 238 g/mol. The SMILES string of the molecule is Cn1cnc(C(O)Cc2ccncc2Cl)c1. The molecule has 16 heavy (non-hydrogen) atoms. The van der Waals surface area contributed by atoms with E-state index in [0.29, 0.717) is 17.1 Å². The summed E-state index contributed by atoms with van der Waals surface area (Å²) < 4.78 is 1.80. The lowest BCUT2D eigenvalue weighted by atomic mass is 10.1. The molecular weight excluding hydrogens is 226 g/mol. The normalized spacial score (nSPS) is 12.7. The molecule has 0 aromatic carbocycles. The second kappa shape index (κ2) is 4.63. The van der Waals surface area contributed by atoms with Crippen LogP contribution in [0.2, 0.25) is 5.02 Å². The minimum Gasteiger partial charge on any atom is -0.386 e. The van der Waals surface area contributed by atoms with E-state index in [1.54, 1.807) is 35.6 Å². The summed E-state index contributed by atoms with van der Waals surface area (Å²) in [5, 5.41) is 10.5. The van der Waals surface area contributed by atoms with Crippen LogP contribution in [-0.2, 0) is 13.5 Å². The Bertz CT molecular complexity index is 484. The van der Waals surface area contributed by atoms with E-state index in [2.05, 4.69) is 9.97 Å². The third-order valence-electron chi connectivity index (χ3n) is 2.34. The summed E-state index contributed by atoms with van der Waals surface area (Å²) in [5.41, 5.74) is 1.52. The van der Waals surface area contributed by atoms with Crippen LogP contribution in [0.4, 0.5) is 0 Å². The topological polar surface area (TPSA) is 50.9 Å². The maximum Gasteiger partial charge on any atom is 0.102 e. The van der Waals surface area contributed by atoms with E-state index in [1.165, 1.54) is 0 Å². The molecule has 4 nitrogen and oxygen atoms in total. The van der Waals surface area contributed by atoms with E-state index in [1.807, 2.05) is 7.05 Å². The molecule has 84 valence electrons. The van der Waals surface area contributed by atoms with Crippen molar-refractivity contribution >= 4 is 11.6 Å². The van der Waals surface area contributed by atoms with Gasteiger partial charge in [-0.15, -0.1) is 0 Å². The number of imidazole rings is 1. The van der Waals surface area contributed by atoms with Gasteiger partial charge >= 0.3 is 0 Å². The first-order valence-electron chi connectivity index (χ1n) is 4.91. The zero-order chi connectivity index (χ0) is 11.5. The summed E-state index contributed by atoms with van der Waals surface area (Å²) >= 11 is 5.96. The van der Waals surface area contributed by atoms with E-state index >= 15 is 0 Å². The van der Waals surface area contributed by atoms with E-state index in [-0.39, 0.29) is 0 Å². The van der Waals surface area contributed by atoms with Crippen molar-refractivity contribution < 1.29 is 5.11 Å². The Morgan fingerprint density at radius 2 is 2.38 bits per heavy atom. The van der Waals surface area contributed by atoms with Crippen LogP contribution in [0.15, 0.2) is 31.0 Å². The monoisotopic (exact) mass is 237 g/mol. The maximum absolute atomic E-state index is 9.96. The number of nitrogens with zero attached hydrogens (tertiary/aromatic N) is 3. The molecule has 0 fully saturated rings. The number of halogens is 1. The van der Waals surface area contributed by atoms with Gasteiger partial charge in [-0.25, -0.2) is 4.98 Å². The number of aliphatic hydroxyl groups excluding tert-OH is 1. The summed E-state index contributed by atoms with van der Waals surface area (Å²) in [6, 6.07) is 1.80. The Balaban J connectivity index is 2.13. The number of aliphatic hydroxyl groups is 1. The highest BCUT2D eigenvalue weighted by Gasteiger charge is 2.12. The van der Waals surface area contributed by atoms with Gasteiger partial charge in [-0.3, -0.25) is 4.98 Å². The molecule has 0 radical (unpaired) electrons. The number of hydrogen-bond donors (Lipinski definition) is 1. The van der Waals surface area contributed by atoms with Crippen LogP contribution in [0, 0.1) is 0 Å². The summed E-state index contributed by atoms with van der Waals surface area (Å²) in [6.45, 7) is 0. The smallest absolute Gasteiger partial charge is 0.102 e. The molecule has 0 bridgehead atoms. The first kappa shape index (κ1) is 11.1. The summed E-state index contributed by atoms with van der Waals surface area (Å²) in [6.07, 6.45) is 6.49. The molecule has 1 N–H and O–H groups in total. The van der Waals surface area contributed by atoms with Crippen LogP contribution in [0.1, 0.15) is 17.4 Å². The Hall–Kier alpha value is -1.39. The number of hydrogen-bond acceptors (Lipinski definition) is 3. The Labute approximate surface area is 98.5 Å². The summed E-state index contributed by atoms with van der Waals surface area (Å²) in [4.78, 5) is 7.99. The van der Waals surface area contributed by atoms with Crippen molar-refractivity contribution in [1.29, 1.82) is 0 Å². The van der Waals surface area contributed by atoms with Crippen LogP contribution in [-0.4, -0.2) is 19.6 Å². The van der Waals surface area contributed by atoms with Crippen molar-refractivity contribution in [3.63, 3.8) is 0 Å². The zero-order valence-electron chi connectivity index (χ0n) is 8.84. The number of aromatic nitrogens is 3. The van der Waals surface area contributed by atoms with Crippen molar-refractivity contribution in [2.24, 2.45) is 7.05 Å². The molecule has 0 amide bonds. The van der Waals surface area contributed by atoms with Gasteiger partial charge in [0.05, 0.1) is 17.0 Å². The molecule has 0 saturated heterocycles. The summed E-state index contributed by atoms with van der Waals surface area (Å²) in [7, 11) is 1.86. The lowest BCUT2D eigenvalue weighted by Crippen LogP contribution is -2.02. The van der Waals surface area contributed by atoms with Gasteiger partial charge in [0.2, 0.25) is 0 Å². The lowest BCUT2D eigenvalue weighted by molar-refractivity contribution is 0.174. The third kappa shape index (κ3) is 2.40. The van der Waals surface area contributed by atoms with Gasteiger partial charge in [-0.1, -0.05) is 11.6 Å². The molecule has 2 aromatic rings. The molecule has 0 aliphatic heterocycles. The van der Waals surface area contributed by atoms with Crippen molar-refractivity contribution in [2.45, 2.75) is 12.5 Å². The van der Waals surface area contributed by atoms with Crippen LogP contribution in [0.5, 0.6) is 0 Å². The van der Waals surface area contributed by atoms with Gasteiger partial charge in [0.15, 0.2) is 0 Å². The first-order chi connectivity index (χ1) is 7.66. The van der Waals surface area contributed by atoms with E-state index in [4.69, 9.17) is 11.6 Å². The molecule has 1 unspecified atom stereocenters. The largest absolute Gasteiger partial charge is 0.386 e. The van der Waals surface area contributed by atoms with Crippen molar-refractivity contribution in [3.05, 3.63) is 47.3 Å². The van der Waals surface area contributed by atoms with Gasteiger partial charge in [-0.05, 0) is 11.6 Å². The van der Waals surface area contributed by atoms with E-state index in [0.717, 1.165) is 5.56 Å². The Morgan fingerprint density at radius 1 is 1.56 bits per heavy atom. The minimum absolute atomic E-state index is 0.443. The van der Waals surface area contributed by atoms with Gasteiger partial charge in [0, 0.05) is 32.1 Å². The summed E-state index contributed by atoms with van der Waals surface area (Å²) in [5.74, 6) is 0. The fraction of sp³-hybridized carbons (Fsp3) is 0.273. The van der Waals surface area contributed by atoms with Gasteiger partial charge in [0.1, 0.15) is 6.10 Å². The zero-order valence-corrected chi connectivity index (χ0v) is 9.59. The van der Waals surface area contributed by atoms with Gasteiger partial charge in [0.25, 0.3) is 0 Å². The highest BCUT2D eigenvalue weighted by atomic mass is 35.5. The number of rotatable bonds is 3. The fourth-order valence-corrected chi connectivity index (χ4v) is 1.68. The van der Waals surface area contributed by atoms with Gasteiger partial charge < -0.3 is 9.67 Å². The number of aryl methyl sites for hydroxylation is 1. The standard InChI is InChI=1S/C11H12ClN3O/c1-15-6-10(14-7-15)11(16)4-8-2-3-13-5-9(8)12/h2-3,5-7,11,16H,4H2,1H3. The number of pyridine rings is 1. The molecule has 5 heteroatoms. The van der Waals surface area contributed by atoms with E-state index in [9.17, 15) is 5.11 Å². The highest BCUT2D eigenvalue weighted by molar-refractivity contribution is 6.31. The average Bonchev–Trinajstić information content (AvgIpc) is 2.68. The molecule has 0 aliphatic carbocycles. The molecule has 2 aromatic heterocycles. The highest BCUT2D eigenvalue weighted by Crippen LogP contribution is 2.21. The second-order valence-electron chi connectivity index (χ2n) is 3.65. The molecule has 1 atom stereocenters. The third-order valence-corrected chi connectivity index (χ3v) is 2.68. The Kier molecular flexibility index (Phi) is 3.22. The predicted octanol–water partition coefficient (Wildman–Crippen LogP) is 1.74. The Morgan fingerprint density at radius 3 is 3.00 bits per heavy atom. The van der Waals surface area contributed by atoms with Crippen LogP contribution < -0.4 is 0 Å². The maximum atomic E-state index is 9.96. The second-order valence-corrected chi connectivity index (χ2v) is 4.06. The van der Waals surface area contributed by atoms with Crippen molar-refractivity contribution in [2.75, 3.05) is 0 Å². The molecule has 0 spiro atoms. The van der Waals surface area contributed by atoms with Crippen LogP contribution in [0.25, 0.3) is 0 Å². The van der Waals surface area contributed by atoms with Gasteiger partial charge in [-0.2, -0.15) is 0 Å². The van der Waals surface area contributed by atoms with Crippen molar-refractivity contribution in [1.82, 2.24) is 14.5 Å². The molecule has 0 saturated carbocycles. The lowest BCUT2D eigenvalue weighted by Gasteiger charge is -2.08. The first-order valence-corrected chi connectivity index (χ1v) is 5.29. The molecule has 2 rings (SSSR count). The van der Waals surface area contributed by atoms with Crippen LogP contribution >= 0.6 is 11.6 Å². The van der Waals surface area contributed by atoms with Crippen molar-refractivity contribution in [3.8, 4) is 0 Å². The van der Waals surface area contributed by atoms with E-state index < -0.39 is 6.10 Å². The molecular formula is C11H12ClN3O. The molecule has 0 aliphatic rings. The molecule has 2 heterocycles.